The van der Waals surface area contributed by atoms with Gasteiger partial charge in [0.25, 0.3) is 5.56 Å². The van der Waals surface area contributed by atoms with Crippen molar-refractivity contribution in [2.45, 2.75) is 19.3 Å². The van der Waals surface area contributed by atoms with Crippen molar-refractivity contribution in [1.82, 2.24) is 4.68 Å². The van der Waals surface area contributed by atoms with Gasteiger partial charge in [-0.15, -0.1) is 0 Å². The number of benzene rings is 2. The van der Waals surface area contributed by atoms with Crippen LogP contribution >= 0.6 is 0 Å². The van der Waals surface area contributed by atoms with Crippen LogP contribution in [-0.4, -0.2) is 10.4 Å². The van der Waals surface area contributed by atoms with E-state index in [9.17, 15) is 15.3 Å². The van der Waals surface area contributed by atoms with Crippen LogP contribution in [-0.2, 0) is 6.42 Å². The van der Waals surface area contributed by atoms with Gasteiger partial charge in [-0.2, -0.15) is 20.3 Å². The fraction of sp³-hybridized carbons (Fsp3) is 0.130. The number of aryl methyl sites for hydroxylation is 1. The number of nitriles is 2. The minimum Gasteiger partial charge on any atom is -0.382 e. The van der Waals surface area contributed by atoms with Crippen LogP contribution in [0.3, 0.4) is 0 Å². The molecule has 0 bridgehead atoms. The lowest BCUT2D eigenvalue weighted by Gasteiger charge is -2.19. The normalized spacial score (nSPS) is 14.1. The first kappa shape index (κ1) is 18.2. The van der Waals surface area contributed by atoms with Gasteiger partial charge in [0.05, 0.1) is 5.71 Å². The van der Waals surface area contributed by atoms with Crippen molar-refractivity contribution in [3.63, 3.8) is 0 Å². The van der Waals surface area contributed by atoms with E-state index in [4.69, 9.17) is 5.73 Å². The van der Waals surface area contributed by atoms with Crippen LogP contribution in [0.5, 0.6) is 0 Å². The summed E-state index contributed by atoms with van der Waals surface area (Å²) in [7, 11) is 0. The highest BCUT2D eigenvalue weighted by Crippen LogP contribution is 2.29. The number of nitrogens with zero attached hydrogens (tertiary/aromatic N) is 4. The van der Waals surface area contributed by atoms with Gasteiger partial charge in [-0.05, 0) is 30.4 Å². The third-order valence-corrected chi connectivity index (χ3v) is 5.09. The van der Waals surface area contributed by atoms with Gasteiger partial charge < -0.3 is 5.73 Å². The Bertz CT molecular complexity index is 1270. The van der Waals surface area contributed by atoms with Crippen LogP contribution in [0.25, 0.3) is 11.1 Å². The summed E-state index contributed by atoms with van der Waals surface area (Å²) >= 11 is 0. The molecule has 0 unspecified atom stereocenters. The first-order valence-electron chi connectivity index (χ1n) is 9.26. The number of pyridine rings is 1. The van der Waals surface area contributed by atoms with E-state index in [1.807, 2.05) is 36.4 Å². The third-order valence-electron chi connectivity index (χ3n) is 5.09. The van der Waals surface area contributed by atoms with Gasteiger partial charge in [0, 0.05) is 11.1 Å². The minimum absolute atomic E-state index is 0.0640. The molecule has 6 heteroatoms. The average molecular weight is 379 g/mol. The zero-order chi connectivity index (χ0) is 20.4. The smallest absolute Gasteiger partial charge is 0.291 e. The second-order valence-corrected chi connectivity index (χ2v) is 6.77. The molecular weight excluding hydrogens is 362 g/mol. The Morgan fingerprint density at radius 2 is 1.62 bits per heavy atom. The molecule has 1 aromatic heterocycles. The largest absolute Gasteiger partial charge is 0.382 e. The highest BCUT2D eigenvalue weighted by atomic mass is 16.1. The number of anilines is 1. The Balaban J connectivity index is 2.00. The molecule has 0 atom stereocenters. The van der Waals surface area contributed by atoms with Gasteiger partial charge in [0.1, 0.15) is 29.1 Å². The maximum atomic E-state index is 13.1. The fourth-order valence-electron chi connectivity index (χ4n) is 3.72. The molecular formula is C23H17N5O. The van der Waals surface area contributed by atoms with Crippen molar-refractivity contribution in [3.05, 3.63) is 87.2 Å². The summed E-state index contributed by atoms with van der Waals surface area (Å²) in [5.41, 5.74) is 9.21. The van der Waals surface area contributed by atoms with Crippen molar-refractivity contribution in [2.24, 2.45) is 5.10 Å². The van der Waals surface area contributed by atoms with Gasteiger partial charge in [-0.3, -0.25) is 4.79 Å². The predicted molar refractivity (Wildman–Crippen MR) is 111 cm³/mol. The Kier molecular flexibility index (Phi) is 4.68. The van der Waals surface area contributed by atoms with E-state index in [1.54, 1.807) is 24.3 Å². The van der Waals surface area contributed by atoms with E-state index in [-0.39, 0.29) is 22.5 Å². The summed E-state index contributed by atoms with van der Waals surface area (Å²) in [6, 6.07) is 20.8. The van der Waals surface area contributed by atoms with Crippen molar-refractivity contribution in [1.29, 1.82) is 10.5 Å². The van der Waals surface area contributed by atoms with Gasteiger partial charge in [0.2, 0.25) is 0 Å². The van der Waals surface area contributed by atoms with Gasteiger partial charge in [-0.25, -0.2) is 0 Å². The monoisotopic (exact) mass is 379 g/mol. The zero-order valence-corrected chi connectivity index (χ0v) is 15.6. The molecule has 0 radical (unpaired) electrons. The van der Waals surface area contributed by atoms with E-state index in [0.717, 1.165) is 34.4 Å². The van der Waals surface area contributed by atoms with Crippen LogP contribution in [0.4, 0.5) is 5.82 Å². The highest BCUT2D eigenvalue weighted by Gasteiger charge is 2.23. The lowest BCUT2D eigenvalue weighted by atomic mass is 9.90. The molecule has 6 nitrogen and oxygen atoms in total. The number of hydrogen-bond donors (Lipinski definition) is 1. The Labute approximate surface area is 167 Å². The van der Waals surface area contributed by atoms with E-state index in [2.05, 4.69) is 11.2 Å². The molecule has 0 fully saturated rings. The second-order valence-electron chi connectivity index (χ2n) is 6.77. The zero-order valence-electron chi connectivity index (χ0n) is 15.6. The Morgan fingerprint density at radius 3 is 2.34 bits per heavy atom. The molecule has 1 aliphatic carbocycles. The standard InChI is InChI=1S/C23H17N5O/c24-13-18-21(16-8-2-1-3-9-16)19(14-25)23(29)28(22(18)26)27-20-12-6-10-15-7-4-5-11-17(15)20/h1-5,7-9,11H,6,10,12,26H2/b27-20+. The molecule has 0 saturated carbocycles. The Morgan fingerprint density at radius 1 is 0.931 bits per heavy atom. The fourth-order valence-corrected chi connectivity index (χ4v) is 3.72. The van der Waals surface area contributed by atoms with Gasteiger partial charge >= 0.3 is 0 Å². The first-order chi connectivity index (χ1) is 14.2. The molecule has 0 spiro atoms. The summed E-state index contributed by atoms with van der Waals surface area (Å²) in [5, 5.41) is 24.0. The second kappa shape index (κ2) is 7.46. The predicted octanol–water partition coefficient (Wildman–Crippen LogP) is 3.43. The average Bonchev–Trinajstić information content (AvgIpc) is 2.77. The molecule has 2 aromatic carbocycles. The number of fused-ring (bicyclic) bond motifs is 1. The minimum atomic E-state index is -0.626. The molecule has 1 heterocycles. The molecule has 0 amide bonds. The molecule has 140 valence electrons. The molecule has 0 saturated heterocycles. The van der Waals surface area contributed by atoms with Crippen LogP contribution in [0.1, 0.15) is 35.1 Å². The van der Waals surface area contributed by atoms with E-state index < -0.39 is 5.56 Å². The molecule has 2 N–H and O–H groups in total. The number of nitrogen functional groups attached to an aromatic ring is 1. The lowest BCUT2D eigenvalue weighted by molar-refractivity contribution is 0.791. The van der Waals surface area contributed by atoms with Crippen LogP contribution < -0.4 is 11.3 Å². The van der Waals surface area contributed by atoms with Crippen LogP contribution in [0.2, 0.25) is 0 Å². The van der Waals surface area contributed by atoms with Crippen molar-refractivity contribution >= 4 is 11.5 Å². The van der Waals surface area contributed by atoms with Crippen LogP contribution in [0.15, 0.2) is 64.5 Å². The van der Waals surface area contributed by atoms with Crippen molar-refractivity contribution in [2.75, 3.05) is 5.73 Å². The maximum Gasteiger partial charge on any atom is 0.291 e. The number of rotatable bonds is 2. The molecule has 3 aromatic rings. The van der Waals surface area contributed by atoms with Gasteiger partial charge in [-0.1, -0.05) is 54.6 Å². The third kappa shape index (κ3) is 3.07. The highest BCUT2D eigenvalue weighted by molar-refractivity contribution is 6.02. The summed E-state index contributed by atoms with van der Waals surface area (Å²) in [5.74, 6) is -0.0640. The van der Waals surface area contributed by atoms with Gasteiger partial charge in [0.15, 0.2) is 0 Å². The van der Waals surface area contributed by atoms with E-state index in [0.29, 0.717) is 12.0 Å². The summed E-state index contributed by atoms with van der Waals surface area (Å²) < 4.78 is 1.00. The van der Waals surface area contributed by atoms with Crippen molar-refractivity contribution in [3.8, 4) is 23.3 Å². The van der Waals surface area contributed by atoms with E-state index >= 15 is 0 Å². The molecule has 1 aliphatic rings. The lowest BCUT2D eigenvalue weighted by Crippen LogP contribution is -2.27. The number of nitrogens with two attached hydrogens (primary N) is 1. The molecule has 0 aliphatic heterocycles. The first-order valence-corrected chi connectivity index (χ1v) is 9.26. The summed E-state index contributed by atoms with van der Waals surface area (Å²) in [6.45, 7) is 0. The number of aromatic nitrogens is 1. The summed E-state index contributed by atoms with van der Waals surface area (Å²) in [6.07, 6.45) is 2.54. The van der Waals surface area contributed by atoms with Crippen LogP contribution in [0, 0.1) is 22.7 Å². The van der Waals surface area contributed by atoms with Crippen molar-refractivity contribution < 1.29 is 0 Å². The SMILES string of the molecule is N#Cc1c(-c2ccccc2)c(C#N)c(=O)n(/N=C2\CCCc3ccccc32)c1N. The Hall–Kier alpha value is -4.16. The topological polar surface area (TPSA) is 108 Å². The molecule has 29 heavy (non-hydrogen) atoms. The number of hydrogen-bond acceptors (Lipinski definition) is 5. The quantitative estimate of drug-likeness (QED) is 0.736. The van der Waals surface area contributed by atoms with E-state index in [1.165, 1.54) is 0 Å². The molecule has 4 rings (SSSR count). The maximum absolute atomic E-state index is 13.1. The summed E-state index contributed by atoms with van der Waals surface area (Å²) in [4.78, 5) is 13.1.